The third-order valence-electron chi connectivity index (χ3n) is 0. The Morgan fingerprint density at radius 3 is 1.00 bits per heavy atom. The van der Waals surface area contributed by atoms with E-state index in [0.29, 0.717) is 0 Å². The van der Waals surface area contributed by atoms with Crippen LogP contribution in [0.4, 0.5) is 0 Å². The summed E-state index contributed by atoms with van der Waals surface area (Å²) in [5, 5.41) is 0. The van der Waals surface area contributed by atoms with Crippen molar-refractivity contribution < 1.29 is 35.6 Å². The molecule has 0 aliphatic carbocycles. The van der Waals surface area contributed by atoms with Crippen LogP contribution in [0, 0.1) is 0 Å². The molecule has 2 radical (unpaired) electrons. The van der Waals surface area contributed by atoms with Gasteiger partial charge in [0, 0.05) is 35.6 Å². The summed E-state index contributed by atoms with van der Waals surface area (Å²) in [5.74, 6) is 0. The first-order valence-corrected chi connectivity index (χ1v) is 0. The van der Waals surface area contributed by atoms with Crippen LogP contribution >= 0.6 is 0 Å². The van der Waals surface area contributed by atoms with Crippen molar-refractivity contribution in [3.63, 3.8) is 0 Å². The van der Waals surface area contributed by atoms with Gasteiger partial charge in [-0.15, -0.1) is 0 Å². The zero-order valence-corrected chi connectivity index (χ0v) is 3.09. The molecule has 0 fully saturated rings. The molecule has 0 unspecified atom stereocenters. The molecule has 0 aliphatic rings. The van der Waals surface area contributed by atoms with Gasteiger partial charge >= 0.3 is 67.3 Å². The SMILES string of the molecule is [CaH2].[Cu].[NaH].[V]. The molecular formula is H3CaCuNaV. The van der Waals surface area contributed by atoms with Crippen molar-refractivity contribution in [3.05, 3.63) is 0 Å². The third kappa shape index (κ3) is 9.03. The van der Waals surface area contributed by atoms with Crippen LogP contribution in [0.25, 0.3) is 0 Å². The van der Waals surface area contributed by atoms with Gasteiger partial charge in [0.1, 0.15) is 0 Å². The molecular weight excluding hydrogens is 178 g/mol. The smallest absolute Gasteiger partial charge is 0 e. The number of rotatable bonds is 0. The Labute approximate surface area is 101 Å². The molecule has 0 aromatic heterocycles. The first-order chi connectivity index (χ1) is 0. The molecule has 0 spiro atoms. The molecule has 4 heavy (non-hydrogen) atoms. The molecule has 22 valence electrons. The van der Waals surface area contributed by atoms with E-state index in [1.165, 1.54) is 0 Å². The second-order valence-corrected chi connectivity index (χ2v) is 0. The zero-order chi connectivity index (χ0) is 0. The summed E-state index contributed by atoms with van der Waals surface area (Å²) in [6.45, 7) is 0. The Bertz CT molecular complexity index is 8.00. The van der Waals surface area contributed by atoms with Gasteiger partial charge in [-0.3, -0.25) is 0 Å². The van der Waals surface area contributed by atoms with Gasteiger partial charge in [-0.2, -0.15) is 0 Å². The average molecular weight is 181 g/mol. The van der Waals surface area contributed by atoms with E-state index in [1.807, 2.05) is 0 Å². The zero-order valence-electron chi connectivity index (χ0n) is 0.749. The minimum absolute atomic E-state index is 0. The summed E-state index contributed by atoms with van der Waals surface area (Å²) in [4.78, 5) is 0. The first kappa shape index (κ1) is 26.4. The van der Waals surface area contributed by atoms with Gasteiger partial charge in [0.05, 0.1) is 0 Å². The van der Waals surface area contributed by atoms with Gasteiger partial charge < -0.3 is 0 Å². The fourth-order valence-corrected chi connectivity index (χ4v) is 0. The van der Waals surface area contributed by atoms with E-state index in [0.717, 1.165) is 0 Å². The fraction of sp³-hybridized carbons (Fsp3) is 0. The Hall–Kier alpha value is 3.36. The molecule has 0 rings (SSSR count). The molecule has 0 aromatic rings. The van der Waals surface area contributed by atoms with Crippen molar-refractivity contribution in [2.24, 2.45) is 0 Å². The maximum atomic E-state index is 0. The van der Waals surface area contributed by atoms with Gasteiger partial charge in [-0.05, 0) is 0 Å². The van der Waals surface area contributed by atoms with Crippen LogP contribution in [0.15, 0.2) is 0 Å². The molecule has 0 saturated heterocycles. The molecule has 0 saturated carbocycles. The molecule has 0 heterocycles. The van der Waals surface area contributed by atoms with E-state index in [-0.39, 0.29) is 103 Å². The third-order valence-corrected chi connectivity index (χ3v) is 0. The number of hydrogen-bond donors (Lipinski definition) is 0. The van der Waals surface area contributed by atoms with Crippen molar-refractivity contribution in [2.45, 2.75) is 0 Å². The molecule has 0 N–H and O–H groups in total. The quantitative estimate of drug-likeness (QED) is 0.395. The minimum atomic E-state index is 0. The Morgan fingerprint density at radius 1 is 1.00 bits per heavy atom. The van der Waals surface area contributed by atoms with Crippen LogP contribution < -0.4 is 0 Å². The Morgan fingerprint density at radius 2 is 1.00 bits per heavy atom. The van der Waals surface area contributed by atoms with Crippen LogP contribution in [0.5, 0.6) is 0 Å². The second kappa shape index (κ2) is 16.2. The van der Waals surface area contributed by atoms with Crippen LogP contribution in [0.1, 0.15) is 0 Å². The molecule has 0 amide bonds. The molecule has 4 heteroatoms. The van der Waals surface area contributed by atoms with E-state index >= 15 is 0 Å². The van der Waals surface area contributed by atoms with Gasteiger partial charge in [0.15, 0.2) is 0 Å². The average Bonchev–Trinajstić information content (AvgIpc) is 0. The van der Waals surface area contributed by atoms with Crippen LogP contribution in [0.3, 0.4) is 0 Å². The predicted octanol–water partition coefficient (Wildman–Crippen LogP) is -1.57. The largest absolute Gasteiger partial charge is 0 e. The van der Waals surface area contributed by atoms with Crippen LogP contribution in [-0.2, 0) is 35.6 Å². The predicted molar refractivity (Wildman–Crippen MR) is 15.7 cm³/mol. The normalized spacial score (nSPS) is 0. The summed E-state index contributed by atoms with van der Waals surface area (Å²) >= 11 is 0. The van der Waals surface area contributed by atoms with Gasteiger partial charge in [0.2, 0.25) is 0 Å². The second-order valence-electron chi connectivity index (χ2n) is 0. The molecule has 0 atom stereocenters. The van der Waals surface area contributed by atoms with E-state index in [1.54, 1.807) is 0 Å². The fourth-order valence-electron chi connectivity index (χ4n) is 0. The Kier molecular flexibility index (Phi) is 107. The standard InChI is InChI=1S/Ca.Cu.Na.V.3H. The van der Waals surface area contributed by atoms with Crippen LogP contribution in [-0.4, -0.2) is 67.3 Å². The number of hydrogen-bond acceptors (Lipinski definition) is 0. The van der Waals surface area contributed by atoms with Crippen molar-refractivity contribution in [3.8, 4) is 0 Å². The van der Waals surface area contributed by atoms with E-state index in [2.05, 4.69) is 0 Å². The molecule has 0 nitrogen and oxygen atoms in total. The maximum absolute atomic E-state index is 0. The molecule has 0 bridgehead atoms. The topological polar surface area (TPSA) is 0 Å². The van der Waals surface area contributed by atoms with Crippen LogP contribution in [0.2, 0.25) is 0 Å². The van der Waals surface area contributed by atoms with Crippen molar-refractivity contribution in [1.82, 2.24) is 0 Å². The summed E-state index contributed by atoms with van der Waals surface area (Å²) in [5.41, 5.74) is 0. The summed E-state index contributed by atoms with van der Waals surface area (Å²) < 4.78 is 0. The van der Waals surface area contributed by atoms with Crippen molar-refractivity contribution >= 4 is 67.3 Å². The molecule has 0 aromatic carbocycles. The summed E-state index contributed by atoms with van der Waals surface area (Å²) in [6, 6.07) is 0. The van der Waals surface area contributed by atoms with E-state index in [9.17, 15) is 0 Å². The maximum Gasteiger partial charge on any atom is 0 e. The van der Waals surface area contributed by atoms with Gasteiger partial charge in [-0.1, -0.05) is 0 Å². The first-order valence-electron chi connectivity index (χ1n) is 0. The summed E-state index contributed by atoms with van der Waals surface area (Å²) in [7, 11) is 0. The Balaban J connectivity index is 0. The minimum Gasteiger partial charge on any atom is 0 e. The molecule has 0 aliphatic heterocycles. The van der Waals surface area contributed by atoms with Crippen molar-refractivity contribution in [2.75, 3.05) is 0 Å². The van der Waals surface area contributed by atoms with Gasteiger partial charge in [0.25, 0.3) is 0 Å². The van der Waals surface area contributed by atoms with Crippen molar-refractivity contribution in [1.29, 1.82) is 0 Å². The monoisotopic (exact) mass is 180 g/mol. The summed E-state index contributed by atoms with van der Waals surface area (Å²) in [6.07, 6.45) is 0. The van der Waals surface area contributed by atoms with E-state index < -0.39 is 0 Å². The van der Waals surface area contributed by atoms with E-state index in [4.69, 9.17) is 0 Å². The van der Waals surface area contributed by atoms with Gasteiger partial charge in [-0.25, -0.2) is 0 Å².